The summed E-state index contributed by atoms with van der Waals surface area (Å²) in [4.78, 5) is 10.8. The molecule has 0 fully saturated rings. The van der Waals surface area contributed by atoms with Crippen LogP contribution in [0.25, 0.3) is 0 Å². The van der Waals surface area contributed by atoms with Crippen LogP contribution in [0, 0.1) is 0 Å². The molecule has 0 saturated carbocycles. The van der Waals surface area contributed by atoms with Crippen molar-refractivity contribution in [2.75, 3.05) is 33.9 Å². The summed E-state index contributed by atoms with van der Waals surface area (Å²) in [6, 6.07) is 0. The van der Waals surface area contributed by atoms with Crippen LogP contribution in [-0.2, 0) is 13.6 Å². The van der Waals surface area contributed by atoms with Crippen molar-refractivity contribution >= 4 is 7.82 Å². The van der Waals surface area contributed by atoms with Gasteiger partial charge in [0.15, 0.2) is 0 Å². The van der Waals surface area contributed by atoms with E-state index in [1.807, 2.05) is 19.0 Å². The predicted octanol–water partition coefficient (Wildman–Crippen LogP) is -2.18. The van der Waals surface area contributed by atoms with E-state index >= 15 is 0 Å². The molecule has 0 aromatic rings. The Kier molecular flexibility index (Phi) is 11.8. The molecule has 0 aliphatic heterocycles. The third-order valence-electron chi connectivity index (χ3n) is 1.09. The second-order valence-electron chi connectivity index (χ2n) is 2.52. The number of likely N-dealkylation sites (N-methyl/N-ethyl adjacent to an activating group) is 1. The van der Waals surface area contributed by atoms with Crippen molar-refractivity contribution in [3.05, 3.63) is 0 Å². The van der Waals surface area contributed by atoms with E-state index in [0.717, 1.165) is 0 Å². The van der Waals surface area contributed by atoms with E-state index in [1.54, 1.807) is 6.92 Å². The molecule has 0 aliphatic rings. The van der Waals surface area contributed by atoms with E-state index in [-0.39, 0.29) is 66.0 Å². The average Bonchev–Trinajstić information content (AvgIpc) is 1.85. The van der Waals surface area contributed by atoms with E-state index < -0.39 is 7.82 Å². The molecule has 0 aromatic carbocycles. The third kappa shape index (κ3) is 11.6. The van der Waals surface area contributed by atoms with Crippen molar-refractivity contribution in [3.63, 3.8) is 0 Å². The molecule has 1 N–H and O–H groups in total. The Bertz CT molecular complexity index is 172. The van der Waals surface area contributed by atoms with Crippen LogP contribution in [0.1, 0.15) is 8.35 Å². The van der Waals surface area contributed by atoms with E-state index in [9.17, 15) is 4.57 Å². The van der Waals surface area contributed by atoms with Crippen molar-refractivity contribution in [3.8, 4) is 0 Å². The Hall–Kier alpha value is 1.71. The van der Waals surface area contributed by atoms with Crippen LogP contribution in [0.15, 0.2) is 0 Å². The summed E-state index contributed by atoms with van der Waals surface area (Å²) in [6.45, 7) is 2.60. The third-order valence-corrected chi connectivity index (χ3v) is 2.18. The molecule has 0 saturated heterocycles. The fourth-order valence-electron chi connectivity index (χ4n) is 0.539. The molecule has 0 radical (unpaired) electrons. The van der Waals surface area contributed by atoms with Gasteiger partial charge in [-0.05, 0) is 21.0 Å². The Morgan fingerprint density at radius 2 is 2.00 bits per heavy atom. The Labute approximate surface area is 123 Å². The molecule has 0 aliphatic carbocycles. The summed E-state index contributed by atoms with van der Waals surface area (Å²) in [7, 11) is -0.0684. The molecule has 0 aromatic heterocycles. The van der Waals surface area contributed by atoms with Gasteiger partial charge in [-0.25, -0.2) is 4.57 Å². The van der Waals surface area contributed by atoms with Crippen molar-refractivity contribution in [1.82, 2.24) is 4.90 Å². The van der Waals surface area contributed by atoms with Gasteiger partial charge in [-0.15, -0.1) is 0 Å². The molecule has 0 heterocycles. The van der Waals surface area contributed by atoms with Gasteiger partial charge in [0.1, 0.15) is 0 Å². The minimum Gasteiger partial charge on any atom is -1.00 e. The smallest absolute Gasteiger partial charge is 1.00 e. The summed E-state index contributed by atoms with van der Waals surface area (Å²) in [5, 5.41) is 0. The van der Waals surface area contributed by atoms with E-state index in [1.165, 1.54) is 0 Å². The van der Waals surface area contributed by atoms with Crippen LogP contribution < -0.4 is 51.4 Å². The molecule has 0 bridgehead atoms. The number of hydrogen-bond acceptors (Lipinski definition) is 4. The largest absolute Gasteiger partial charge is 1.00 e. The first-order chi connectivity index (χ1) is 5.48. The van der Waals surface area contributed by atoms with Gasteiger partial charge in [-0.1, -0.05) is 0 Å². The Morgan fingerprint density at radius 3 is 2.38 bits per heavy atom. The van der Waals surface area contributed by atoms with Crippen LogP contribution in [-0.4, -0.2) is 43.6 Å². The minimum absolute atomic E-state index is 0. The predicted molar refractivity (Wildman–Crippen MR) is 47.1 cm³/mol. The van der Waals surface area contributed by atoms with Crippen molar-refractivity contribution < 1.29 is 71.3 Å². The normalized spacial score (nSPS) is 15.2. The summed E-state index contributed by atoms with van der Waals surface area (Å²) in [5.41, 5.74) is 0. The molecule has 1 atom stereocenters. The van der Waals surface area contributed by atoms with Crippen molar-refractivity contribution in [2.24, 2.45) is 0 Å². The first kappa shape index (κ1) is 17.1. The van der Waals surface area contributed by atoms with Crippen molar-refractivity contribution in [2.45, 2.75) is 6.92 Å². The Balaban J connectivity index is -0.000000605. The second-order valence-corrected chi connectivity index (χ2v) is 3.98. The monoisotopic (exact) mass is 237 g/mol. The van der Waals surface area contributed by atoms with Gasteiger partial charge in [0.25, 0.3) is 0 Å². The summed E-state index contributed by atoms with van der Waals surface area (Å²) >= 11 is 0. The first-order valence-corrected chi connectivity index (χ1v) is 5.24. The summed E-state index contributed by atoms with van der Waals surface area (Å²) in [5.74, 6) is 0. The molecule has 0 rings (SSSR count). The SMILES string of the molecule is CCOP(=O)(O)OCCN(C)C.[H-].[K+]. The number of rotatable bonds is 6. The minimum atomic E-state index is -3.78. The van der Waals surface area contributed by atoms with Crippen LogP contribution >= 0.6 is 7.82 Å². The quantitative estimate of drug-likeness (QED) is 0.420. The van der Waals surface area contributed by atoms with Gasteiger partial charge >= 0.3 is 59.2 Å². The fraction of sp³-hybridized carbons (Fsp3) is 1.00. The van der Waals surface area contributed by atoms with Gasteiger partial charge in [0.05, 0.1) is 13.2 Å². The van der Waals surface area contributed by atoms with Crippen molar-refractivity contribution in [1.29, 1.82) is 0 Å². The number of phosphoric ester groups is 1. The van der Waals surface area contributed by atoms with Crippen LogP contribution in [0.2, 0.25) is 0 Å². The zero-order chi connectivity index (χ0) is 9.61. The van der Waals surface area contributed by atoms with E-state index in [0.29, 0.717) is 6.54 Å². The van der Waals surface area contributed by atoms with Gasteiger partial charge in [0.2, 0.25) is 0 Å². The average molecular weight is 237 g/mol. The number of phosphoric acid groups is 1. The zero-order valence-corrected chi connectivity index (χ0v) is 12.7. The van der Waals surface area contributed by atoms with Crippen LogP contribution in [0.5, 0.6) is 0 Å². The molecule has 0 amide bonds. The maximum absolute atomic E-state index is 10.9. The maximum atomic E-state index is 10.9. The standard InChI is InChI=1S/C6H16NO4P.K.H/c1-4-10-12(8,9)11-6-5-7(2)3;;/h4-6H2,1-3H3,(H,8,9);;/q;+1;-1. The fourth-order valence-corrected chi connectivity index (χ4v) is 1.25. The number of hydrogen-bond donors (Lipinski definition) is 1. The number of nitrogens with zero attached hydrogens (tertiary/aromatic N) is 1. The van der Waals surface area contributed by atoms with E-state index in [2.05, 4.69) is 9.05 Å². The van der Waals surface area contributed by atoms with Gasteiger partial charge < -0.3 is 11.2 Å². The molecule has 13 heavy (non-hydrogen) atoms. The van der Waals surface area contributed by atoms with Gasteiger partial charge in [0, 0.05) is 6.54 Å². The van der Waals surface area contributed by atoms with Crippen LogP contribution in [0.3, 0.4) is 0 Å². The zero-order valence-electron chi connectivity index (χ0n) is 9.69. The summed E-state index contributed by atoms with van der Waals surface area (Å²) < 4.78 is 20.0. The topological polar surface area (TPSA) is 59.0 Å². The van der Waals surface area contributed by atoms with Crippen LogP contribution in [0.4, 0.5) is 0 Å². The molecule has 1 unspecified atom stereocenters. The van der Waals surface area contributed by atoms with Gasteiger partial charge in [-0.2, -0.15) is 0 Å². The molecule has 5 nitrogen and oxygen atoms in total. The molecule has 0 spiro atoms. The first-order valence-electron chi connectivity index (χ1n) is 3.74. The Morgan fingerprint density at radius 1 is 1.46 bits per heavy atom. The summed E-state index contributed by atoms with van der Waals surface area (Å²) in [6.07, 6.45) is 0. The molecular formula is C6H17KNO4P. The second kappa shape index (κ2) is 8.97. The molecular weight excluding hydrogens is 220 g/mol. The van der Waals surface area contributed by atoms with E-state index in [4.69, 9.17) is 4.89 Å². The molecule has 7 heteroatoms. The molecule has 76 valence electrons. The van der Waals surface area contributed by atoms with Gasteiger partial charge in [-0.3, -0.25) is 9.05 Å². The maximum Gasteiger partial charge on any atom is 1.00 e.